The number of carbonyl (C=O) groups excluding carboxylic acids is 2. The predicted octanol–water partition coefficient (Wildman–Crippen LogP) is 4.40. The van der Waals surface area contributed by atoms with Gasteiger partial charge in [0.15, 0.2) is 0 Å². The van der Waals surface area contributed by atoms with Crippen LogP contribution < -0.4 is 10.6 Å². The van der Waals surface area contributed by atoms with Gasteiger partial charge in [0.2, 0.25) is 12.4 Å². The smallest absolute Gasteiger partial charge is 0.265 e. The van der Waals surface area contributed by atoms with E-state index in [0.717, 1.165) is 41.8 Å². The maximum atomic E-state index is 13.3. The third-order valence-electron chi connectivity index (χ3n) is 5.66. The summed E-state index contributed by atoms with van der Waals surface area (Å²) in [4.78, 5) is 29.4. The van der Waals surface area contributed by atoms with Crippen molar-refractivity contribution in [3.05, 3.63) is 71.9 Å². The fraction of sp³-hybridized carbons (Fsp3) is 0.292. The van der Waals surface area contributed by atoms with Gasteiger partial charge in [-0.3, -0.25) is 14.5 Å². The summed E-state index contributed by atoms with van der Waals surface area (Å²) in [5, 5.41) is 6.85. The number of rotatable bonds is 8. The van der Waals surface area contributed by atoms with Gasteiger partial charge in [0.25, 0.3) is 5.91 Å². The van der Waals surface area contributed by atoms with Gasteiger partial charge >= 0.3 is 0 Å². The van der Waals surface area contributed by atoms with Crippen LogP contribution in [0, 0.1) is 5.95 Å². The van der Waals surface area contributed by atoms with Gasteiger partial charge < -0.3 is 15.2 Å². The summed E-state index contributed by atoms with van der Waals surface area (Å²) in [6.07, 6.45) is 8.22. The van der Waals surface area contributed by atoms with Crippen LogP contribution in [0.3, 0.4) is 0 Å². The number of hydrogen-bond donors (Lipinski definition) is 2. The van der Waals surface area contributed by atoms with E-state index in [-0.39, 0.29) is 6.04 Å². The molecule has 2 heterocycles. The standard InChI is InChI=1S/C24H26FN5O2/c1-29(16-31)24(32)22-20(27-18-9-5-6-10-18)15-30(14-17-11-12-21(25)26-13-17)23(22)28-19-7-3-2-4-8-19/h2-4,7-8,11-13,15-16,18,27-28H,5-6,9-10,14H2,1H3. The Morgan fingerprint density at radius 3 is 2.62 bits per heavy atom. The molecule has 0 bridgehead atoms. The predicted molar refractivity (Wildman–Crippen MR) is 121 cm³/mol. The highest BCUT2D eigenvalue weighted by Crippen LogP contribution is 2.34. The van der Waals surface area contributed by atoms with Crippen molar-refractivity contribution >= 4 is 29.5 Å². The minimum absolute atomic E-state index is 0.274. The second kappa shape index (κ2) is 9.64. The molecule has 166 valence electrons. The van der Waals surface area contributed by atoms with Crippen molar-refractivity contribution in [1.82, 2.24) is 14.5 Å². The number of nitrogens with one attached hydrogen (secondary N) is 2. The van der Waals surface area contributed by atoms with Crippen LogP contribution in [0.4, 0.5) is 21.6 Å². The molecule has 3 aromatic rings. The number of para-hydroxylation sites is 1. The normalized spacial score (nSPS) is 13.7. The van der Waals surface area contributed by atoms with Crippen LogP contribution in [0.1, 0.15) is 41.6 Å². The van der Waals surface area contributed by atoms with Crippen LogP contribution in [0.5, 0.6) is 0 Å². The van der Waals surface area contributed by atoms with E-state index in [2.05, 4.69) is 15.6 Å². The van der Waals surface area contributed by atoms with Gasteiger partial charge in [-0.1, -0.05) is 37.1 Å². The molecule has 8 heteroatoms. The van der Waals surface area contributed by atoms with Crippen LogP contribution >= 0.6 is 0 Å². The Balaban J connectivity index is 1.79. The number of carbonyl (C=O) groups is 2. The zero-order valence-electron chi connectivity index (χ0n) is 17.9. The zero-order chi connectivity index (χ0) is 22.5. The highest BCUT2D eigenvalue weighted by atomic mass is 19.1. The highest BCUT2D eigenvalue weighted by Gasteiger charge is 2.27. The summed E-state index contributed by atoms with van der Waals surface area (Å²) < 4.78 is 15.2. The summed E-state index contributed by atoms with van der Waals surface area (Å²) in [7, 11) is 1.45. The van der Waals surface area contributed by atoms with E-state index in [4.69, 9.17) is 0 Å². The first-order valence-electron chi connectivity index (χ1n) is 10.7. The summed E-state index contributed by atoms with van der Waals surface area (Å²) in [5.41, 5.74) is 2.65. The maximum absolute atomic E-state index is 13.3. The Morgan fingerprint density at radius 1 is 1.22 bits per heavy atom. The first-order valence-corrected chi connectivity index (χ1v) is 10.7. The molecular formula is C24H26FN5O2. The molecule has 0 saturated heterocycles. The van der Waals surface area contributed by atoms with Crippen molar-refractivity contribution < 1.29 is 14.0 Å². The molecule has 2 aromatic heterocycles. The first kappa shape index (κ1) is 21.5. The molecule has 0 radical (unpaired) electrons. The Hall–Kier alpha value is -3.68. The van der Waals surface area contributed by atoms with Crippen molar-refractivity contribution in [2.75, 3.05) is 17.7 Å². The van der Waals surface area contributed by atoms with Gasteiger partial charge in [-0.15, -0.1) is 0 Å². The second-order valence-electron chi connectivity index (χ2n) is 8.02. The third kappa shape index (κ3) is 4.80. The summed E-state index contributed by atoms with van der Waals surface area (Å²) in [6.45, 7) is 0.375. The van der Waals surface area contributed by atoms with Gasteiger partial charge in [-0.25, -0.2) is 4.98 Å². The Labute approximate surface area is 186 Å². The molecule has 4 rings (SSSR count). The van der Waals surface area contributed by atoms with Gasteiger partial charge in [0.1, 0.15) is 11.4 Å². The molecule has 0 aliphatic heterocycles. The Bertz CT molecular complexity index is 1080. The molecule has 1 saturated carbocycles. The number of hydrogen-bond acceptors (Lipinski definition) is 5. The van der Waals surface area contributed by atoms with Crippen molar-refractivity contribution in [2.45, 2.75) is 38.3 Å². The molecule has 0 atom stereocenters. The summed E-state index contributed by atoms with van der Waals surface area (Å²) in [6, 6.07) is 12.8. The van der Waals surface area contributed by atoms with Crippen LogP contribution in [0.25, 0.3) is 0 Å². The molecule has 1 aliphatic rings. The van der Waals surface area contributed by atoms with E-state index in [0.29, 0.717) is 30.0 Å². The minimum atomic E-state index is -0.545. The topological polar surface area (TPSA) is 79.3 Å². The maximum Gasteiger partial charge on any atom is 0.265 e. The van der Waals surface area contributed by atoms with Gasteiger partial charge in [0.05, 0.1) is 12.2 Å². The minimum Gasteiger partial charge on any atom is -0.380 e. The van der Waals surface area contributed by atoms with Gasteiger partial charge in [-0.05, 0) is 36.6 Å². The first-order chi connectivity index (χ1) is 15.5. The number of imide groups is 1. The van der Waals surface area contributed by atoms with E-state index in [1.54, 1.807) is 6.07 Å². The van der Waals surface area contributed by atoms with E-state index >= 15 is 0 Å². The molecule has 32 heavy (non-hydrogen) atoms. The Morgan fingerprint density at radius 2 is 1.97 bits per heavy atom. The molecule has 0 spiro atoms. The molecular weight excluding hydrogens is 409 g/mol. The molecule has 2 amide bonds. The summed E-state index contributed by atoms with van der Waals surface area (Å²) in [5.74, 6) is -0.398. The molecule has 1 aliphatic carbocycles. The molecule has 1 aromatic carbocycles. The molecule has 1 fully saturated rings. The Kier molecular flexibility index (Phi) is 6.49. The average Bonchev–Trinajstić information content (AvgIpc) is 3.43. The number of nitrogens with zero attached hydrogens (tertiary/aromatic N) is 3. The van der Waals surface area contributed by atoms with Crippen LogP contribution in [0.15, 0.2) is 54.9 Å². The number of amides is 2. The van der Waals surface area contributed by atoms with E-state index in [1.165, 1.54) is 19.3 Å². The lowest BCUT2D eigenvalue weighted by atomic mass is 10.2. The fourth-order valence-electron chi connectivity index (χ4n) is 4.01. The lowest BCUT2D eigenvalue weighted by molar-refractivity contribution is -0.115. The number of halogens is 1. The number of anilines is 3. The van der Waals surface area contributed by atoms with E-state index < -0.39 is 11.9 Å². The monoisotopic (exact) mass is 435 g/mol. The van der Waals surface area contributed by atoms with Gasteiger partial charge in [0, 0.05) is 31.2 Å². The second-order valence-corrected chi connectivity index (χ2v) is 8.02. The van der Waals surface area contributed by atoms with Gasteiger partial charge in [-0.2, -0.15) is 4.39 Å². The van der Waals surface area contributed by atoms with Crippen molar-refractivity contribution in [2.24, 2.45) is 0 Å². The fourth-order valence-corrected chi connectivity index (χ4v) is 4.01. The summed E-state index contributed by atoms with van der Waals surface area (Å²) >= 11 is 0. The number of benzene rings is 1. The van der Waals surface area contributed by atoms with Crippen molar-refractivity contribution in [3.63, 3.8) is 0 Å². The number of aromatic nitrogens is 2. The molecule has 0 unspecified atom stereocenters. The third-order valence-corrected chi connectivity index (χ3v) is 5.66. The van der Waals surface area contributed by atoms with Crippen molar-refractivity contribution in [3.8, 4) is 0 Å². The van der Waals surface area contributed by atoms with Crippen LogP contribution in [-0.4, -0.2) is 39.9 Å². The van der Waals surface area contributed by atoms with Crippen LogP contribution in [0.2, 0.25) is 0 Å². The molecule has 2 N–H and O–H groups in total. The lowest BCUT2D eigenvalue weighted by Crippen LogP contribution is -2.27. The van der Waals surface area contributed by atoms with Crippen LogP contribution in [-0.2, 0) is 11.3 Å². The lowest BCUT2D eigenvalue weighted by Gasteiger charge is -2.17. The van der Waals surface area contributed by atoms with Crippen molar-refractivity contribution in [1.29, 1.82) is 0 Å². The SMILES string of the molecule is CN(C=O)C(=O)c1c(NC2CCCC2)cn(Cc2ccc(F)nc2)c1Nc1ccccc1. The van der Waals surface area contributed by atoms with E-state index in [1.807, 2.05) is 41.1 Å². The zero-order valence-corrected chi connectivity index (χ0v) is 17.9. The molecule has 7 nitrogen and oxygen atoms in total. The highest BCUT2D eigenvalue weighted by molar-refractivity contribution is 6.08. The average molecular weight is 436 g/mol. The van der Waals surface area contributed by atoms with E-state index in [9.17, 15) is 14.0 Å². The quantitative estimate of drug-likeness (QED) is 0.405. The largest absolute Gasteiger partial charge is 0.380 e. The number of pyridine rings is 1.